The Hall–Kier alpha value is -1.43. The topological polar surface area (TPSA) is 54.3 Å². The summed E-state index contributed by atoms with van der Waals surface area (Å²) in [6.45, 7) is 5.67. The molecular weight excluding hydrogens is 314 g/mol. The van der Waals surface area contributed by atoms with Gasteiger partial charge in [0.05, 0.1) is 6.54 Å². The summed E-state index contributed by atoms with van der Waals surface area (Å²) in [6.07, 6.45) is 11.5. The fourth-order valence-corrected chi connectivity index (χ4v) is 4.69. The Kier molecular flexibility index (Phi) is 5.06. The van der Waals surface area contributed by atoms with Crippen LogP contribution < -0.4 is 0 Å². The third kappa shape index (κ3) is 3.73. The summed E-state index contributed by atoms with van der Waals surface area (Å²) >= 11 is 0. The normalized spacial score (nSPS) is 23.2. The summed E-state index contributed by atoms with van der Waals surface area (Å²) < 4.78 is 2.15. The largest absolute Gasteiger partial charge is 0.336 e. The number of likely N-dealkylation sites (tertiary alicyclic amines) is 1. The van der Waals surface area contributed by atoms with Crippen molar-refractivity contribution in [1.29, 1.82) is 0 Å². The first-order valence-electron chi connectivity index (χ1n) is 10.2. The van der Waals surface area contributed by atoms with Crippen molar-refractivity contribution >= 4 is 5.91 Å². The summed E-state index contributed by atoms with van der Waals surface area (Å²) in [5.41, 5.74) is 0. The number of carbonyl (C=O) groups is 1. The predicted molar refractivity (Wildman–Crippen MR) is 96.2 cm³/mol. The first-order valence-corrected chi connectivity index (χ1v) is 10.2. The average Bonchev–Trinajstić information content (AvgIpc) is 3.12. The summed E-state index contributed by atoms with van der Waals surface area (Å²) in [5, 5.41) is 8.40. The quantitative estimate of drug-likeness (QED) is 0.794. The van der Waals surface area contributed by atoms with Crippen molar-refractivity contribution < 1.29 is 4.79 Å². The van der Waals surface area contributed by atoms with Gasteiger partial charge in [-0.05, 0) is 58.5 Å². The lowest BCUT2D eigenvalue weighted by Gasteiger charge is -2.35. The first kappa shape index (κ1) is 17.0. The Morgan fingerprint density at radius 1 is 1.12 bits per heavy atom. The van der Waals surface area contributed by atoms with Crippen molar-refractivity contribution in [2.24, 2.45) is 0 Å². The highest BCUT2D eigenvalue weighted by atomic mass is 16.2. The van der Waals surface area contributed by atoms with Crippen molar-refractivity contribution in [3.8, 4) is 0 Å². The minimum absolute atomic E-state index is 0.379. The number of piperidine rings is 1. The van der Waals surface area contributed by atoms with E-state index in [1.54, 1.807) is 0 Å². The fraction of sp³-hybridized carbons (Fsp3) is 0.842. The highest BCUT2D eigenvalue weighted by molar-refractivity contribution is 5.79. The van der Waals surface area contributed by atoms with Crippen LogP contribution in [0, 0.1) is 0 Å². The molecule has 0 spiro atoms. The van der Waals surface area contributed by atoms with Crippen LogP contribution in [0.25, 0.3) is 0 Å². The smallest absolute Gasteiger partial charge is 0.237 e. The molecule has 25 heavy (non-hydrogen) atoms. The van der Waals surface area contributed by atoms with Gasteiger partial charge in [-0.25, -0.2) is 0 Å². The molecule has 6 nitrogen and oxygen atoms in total. The molecule has 0 radical (unpaired) electrons. The maximum atomic E-state index is 12.9. The van der Waals surface area contributed by atoms with Crippen LogP contribution in [-0.4, -0.2) is 62.2 Å². The first-order chi connectivity index (χ1) is 12.3. The van der Waals surface area contributed by atoms with E-state index < -0.39 is 0 Å². The van der Waals surface area contributed by atoms with Gasteiger partial charge in [0, 0.05) is 24.5 Å². The Morgan fingerprint density at radius 2 is 1.80 bits per heavy atom. The summed E-state index contributed by atoms with van der Waals surface area (Å²) in [7, 11) is 0. The van der Waals surface area contributed by atoms with Crippen molar-refractivity contribution in [1.82, 2.24) is 24.6 Å². The molecule has 0 N–H and O–H groups in total. The molecule has 2 heterocycles. The molecule has 1 aromatic heterocycles. The lowest BCUT2D eigenvalue weighted by atomic mass is 9.96. The fourth-order valence-electron chi connectivity index (χ4n) is 4.69. The van der Waals surface area contributed by atoms with Crippen molar-refractivity contribution in [2.45, 2.75) is 82.8 Å². The number of hydrogen-bond donors (Lipinski definition) is 0. The van der Waals surface area contributed by atoms with E-state index in [1.807, 2.05) is 6.33 Å². The van der Waals surface area contributed by atoms with Crippen LogP contribution in [0.4, 0.5) is 0 Å². The Balaban J connectivity index is 1.31. The van der Waals surface area contributed by atoms with Gasteiger partial charge in [-0.15, -0.1) is 10.2 Å². The van der Waals surface area contributed by atoms with E-state index in [1.165, 1.54) is 38.5 Å². The Labute approximate surface area is 150 Å². The van der Waals surface area contributed by atoms with E-state index in [0.29, 0.717) is 30.5 Å². The van der Waals surface area contributed by atoms with Crippen molar-refractivity contribution in [3.63, 3.8) is 0 Å². The standard InChI is InChI=1S/C19H31N5O/c1-2-23-14-20-21-19(23)15-9-11-22(12-10-15)13-18(25)24(17-7-8-17)16-5-3-4-6-16/h14-17H,2-13H2,1H3. The molecular formula is C19H31N5O. The van der Waals surface area contributed by atoms with Gasteiger partial charge in [0.1, 0.15) is 12.2 Å². The number of nitrogens with zero attached hydrogens (tertiary/aromatic N) is 5. The Morgan fingerprint density at radius 3 is 2.44 bits per heavy atom. The maximum absolute atomic E-state index is 12.9. The summed E-state index contributed by atoms with van der Waals surface area (Å²) in [5.74, 6) is 1.99. The zero-order valence-electron chi connectivity index (χ0n) is 15.4. The van der Waals surface area contributed by atoms with Gasteiger partial charge >= 0.3 is 0 Å². The second-order valence-electron chi connectivity index (χ2n) is 8.00. The van der Waals surface area contributed by atoms with Gasteiger partial charge in [0.15, 0.2) is 0 Å². The number of aromatic nitrogens is 3. The molecule has 138 valence electrons. The SMILES string of the molecule is CCn1cnnc1C1CCN(CC(=O)N(C2CCCC2)C2CC2)CC1. The van der Waals surface area contributed by atoms with Crippen molar-refractivity contribution in [2.75, 3.05) is 19.6 Å². The van der Waals surface area contributed by atoms with Gasteiger partial charge < -0.3 is 9.47 Å². The van der Waals surface area contributed by atoms with Crippen LogP contribution in [0.15, 0.2) is 6.33 Å². The second kappa shape index (κ2) is 7.44. The lowest BCUT2D eigenvalue weighted by molar-refractivity contribution is -0.135. The van der Waals surface area contributed by atoms with E-state index in [-0.39, 0.29) is 0 Å². The van der Waals surface area contributed by atoms with Crippen LogP contribution in [0.1, 0.15) is 70.0 Å². The molecule has 0 bridgehead atoms. The van der Waals surface area contributed by atoms with Crippen LogP contribution >= 0.6 is 0 Å². The molecule has 1 aromatic rings. The molecule has 4 rings (SSSR count). The van der Waals surface area contributed by atoms with Crippen LogP contribution in [0.3, 0.4) is 0 Å². The van der Waals surface area contributed by atoms with E-state index in [0.717, 1.165) is 38.3 Å². The predicted octanol–water partition coefficient (Wildman–Crippen LogP) is 2.41. The maximum Gasteiger partial charge on any atom is 0.237 e. The molecule has 1 amide bonds. The molecule has 0 aromatic carbocycles. The zero-order valence-corrected chi connectivity index (χ0v) is 15.4. The van der Waals surface area contributed by atoms with Crippen LogP contribution in [-0.2, 0) is 11.3 Å². The monoisotopic (exact) mass is 345 g/mol. The van der Waals surface area contributed by atoms with Crippen LogP contribution in [0.2, 0.25) is 0 Å². The number of rotatable bonds is 6. The second-order valence-corrected chi connectivity index (χ2v) is 8.00. The number of hydrogen-bond acceptors (Lipinski definition) is 4. The van der Waals surface area contributed by atoms with Gasteiger partial charge in [-0.2, -0.15) is 0 Å². The molecule has 1 saturated heterocycles. The van der Waals surface area contributed by atoms with Crippen LogP contribution in [0.5, 0.6) is 0 Å². The third-order valence-corrected chi connectivity index (χ3v) is 6.24. The number of amides is 1. The van der Waals surface area contributed by atoms with Gasteiger partial charge in [-0.3, -0.25) is 9.69 Å². The third-order valence-electron chi connectivity index (χ3n) is 6.24. The minimum Gasteiger partial charge on any atom is -0.336 e. The Bertz CT molecular complexity index is 582. The van der Waals surface area contributed by atoms with E-state index >= 15 is 0 Å². The van der Waals surface area contributed by atoms with E-state index in [2.05, 4.69) is 31.5 Å². The molecule has 3 aliphatic rings. The van der Waals surface area contributed by atoms with E-state index in [9.17, 15) is 4.79 Å². The highest BCUT2D eigenvalue weighted by Crippen LogP contribution is 2.35. The molecule has 6 heteroatoms. The van der Waals surface area contributed by atoms with Gasteiger partial charge in [0.25, 0.3) is 0 Å². The lowest BCUT2D eigenvalue weighted by Crippen LogP contribution is -2.47. The molecule has 1 aliphatic heterocycles. The number of aryl methyl sites for hydroxylation is 1. The van der Waals surface area contributed by atoms with Crippen molar-refractivity contribution in [3.05, 3.63) is 12.2 Å². The summed E-state index contributed by atoms with van der Waals surface area (Å²) in [6, 6.07) is 1.08. The zero-order chi connectivity index (χ0) is 17.2. The van der Waals surface area contributed by atoms with Gasteiger partial charge in [0.2, 0.25) is 5.91 Å². The molecule has 2 saturated carbocycles. The average molecular weight is 345 g/mol. The highest BCUT2D eigenvalue weighted by Gasteiger charge is 2.39. The van der Waals surface area contributed by atoms with E-state index in [4.69, 9.17) is 0 Å². The molecule has 0 unspecified atom stereocenters. The van der Waals surface area contributed by atoms with Gasteiger partial charge in [-0.1, -0.05) is 12.8 Å². The minimum atomic E-state index is 0.379. The molecule has 3 fully saturated rings. The molecule has 2 aliphatic carbocycles. The summed E-state index contributed by atoms with van der Waals surface area (Å²) in [4.78, 5) is 17.6. The molecule has 0 atom stereocenters. The number of carbonyl (C=O) groups excluding carboxylic acids is 1.